The molecule has 0 aliphatic carbocycles. The van der Waals surface area contributed by atoms with Crippen LogP contribution in [0.25, 0.3) is 11.3 Å². The Kier molecular flexibility index (Phi) is 5.14. The number of fused-ring (bicyclic) bond motifs is 1. The quantitative estimate of drug-likeness (QED) is 0.679. The molecule has 1 aliphatic heterocycles. The van der Waals surface area contributed by atoms with E-state index in [1.165, 1.54) is 31.2 Å². The summed E-state index contributed by atoms with van der Waals surface area (Å²) in [5.74, 6) is 0.440. The van der Waals surface area contributed by atoms with Gasteiger partial charge in [0.2, 0.25) is 12.7 Å². The first-order valence-corrected chi connectivity index (χ1v) is 9.20. The molecule has 3 aromatic rings. The van der Waals surface area contributed by atoms with Crippen LogP contribution >= 0.6 is 0 Å². The van der Waals surface area contributed by atoms with E-state index in [0.717, 1.165) is 16.8 Å². The standard InChI is InChI=1S/C21H16F3N3O4/c1-12(20(29)25-15-4-2-3-14(10-15)21(22,23)24)27-19(28)8-6-16(26-27)13-5-7-17-18(9-13)31-11-30-17/h2-10,12H,11H2,1H3,(H,25,29). The summed E-state index contributed by atoms with van der Waals surface area (Å²) in [7, 11) is 0. The highest BCUT2D eigenvalue weighted by Gasteiger charge is 2.30. The highest BCUT2D eigenvalue weighted by Crippen LogP contribution is 2.35. The van der Waals surface area contributed by atoms with Crippen LogP contribution in [-0.2, 0) is 11.0 Å². The number of alkyl halides is 3. The smallest absolute Gasteiger partial charge is 0.416 e. The van der Waals surface area contributed by atoms with E-state index < -0.39 is 29.2 Å². The maximum Gasteiger partial charge on any atom is 0.416 e. The molecule has 0 fully saturated rings. The average Bonchev–Trinajstić information content (AvgIpc) is 3.21. The Hall–Kier alpha value is -3.82. The number of hydrogen-bond acceptors (Lipinski definition) is 5. The third-order valence-electron chi connectivity index (χ3n) is 4.70. The zero-order valence-corrected chi connectivity index (χ0v) is 16.1. The monoisotopic (exact) mass is 431 g/mol. The highest BCUT2D eigenvalue weighted by molar-refractivity contribution is 5.93. The van der Waals surface area contributed by atoms with Gasteiger partial charge < -0.3 is 14.8 Å². The summed E-state index contributed by atoms with van der Waals surface area (Å²) in [6.07, 6.45) is -4.54. The number of hydrogen-bond donors (Lipinski definition) is 1. The molecule has 1 amide bonds. The minimum Gasteiger partial charge on any atom is -0.454 e. The van der Waals surface area contributed by atoms with Crippen molar-refractivity contribution >= 4 is 11.6 Å². The van der Waals surface area contributed by atoms with Crippen molar-refractivity contribution in [3.8, 4) is 22.8 Å². The van der Waals surface area contributed by atoms with E-state index in [1.807, 2.05) is 0 Å². The zero-order valence-electron chi connectivity index (χ0n) is 16.1. The van der Waals surface area contributed by atoms with E-state index in [4.69, 9.17) is 9.47 Å². The maximum atomic E-state index is 12.9. The van der Waals surface area contributed by atoms with E-state index in [2.05, 4.69) is 10.4 Å². The van der Waals surface area contributed by atoms with Crippen molar-refractivity contribution in [3.05, 3.63) is 70.5 Å². The van der Waals surface area contributed by atoms with Crippen molar-refractivity contribution in [1.29, 1.82) is 0 Å². The summed E-state index contributed by atoms with van der Waals surface area (Å²) < 4.78 is 50.2. The number of halogens is 3. The number of carbonyl (C=O) groups excluding carboxylic acids is 1. The summed E-state index contributed by atoms with van der Waals surface area (Å²) in [6, 6.07) is 11.1. The number of aromatic nitrogens is 2. The first-order valence-electron chi connectivity index (χ1n) is 9.20. The van der Waals surface area contributed by atoms with Crippen LogP contribution in [0.3, 0.4) is 0 Å². The molecule has 1 atom stereocenters. The van der Waals surface area contributed by atoms with Gasteiger partial charge in [-0.25, -0.2) is 4.68 Å². The van der Waals surface area contributed by atoms with Crippen molar-refractivity contribution in [3.63, 3.8) is 0 Å². The van der Waals surface area contributed by atoms with Crippen molar-refractivity contribution in [2.45, 2.75) is 19.1 Å². The van der Waals surface area contributed by atoms with Gasteiger partial charge in [0.15, 0.2) is 11.5 Å². The second-order valence-corrected chi connectivity index (χ2v) is 6.81. The molecule has 0 spiro atoms. The van der Waals surface area contributed by atoms with E-state index in [0.29, 0.717) is 22.8 Å². The fourth-order valence-electron chi connectivity index (χ4n) is 3.04. The second-order valence-electron chi connectivity index (χ2n) is 6.81. The molecule has 7 nitrogen and oxygen atoms in total. The lowest BCUT2D eigenvalue weighted by molar-refractivity contribution is -0.137. The van der Waals surface area contributed by atoms with Crippen molar-refractivity contribution in [2.24, 2.45) is 0 Å². The number of amides is 1. The molecule has 1 aliphatic rings. The third kappa shape index (κ3) is 4.23. The number of nitrogens with one attached hydrogen (secondary N) is 1. The molecule has 0 radical (unpaired) electrons. The van der Waals surface area contributed by atoms with Crippen LogP contribution in [0.4, 0.5) is 18.9 Å². The van der Waals surface area contributed by atoms with Gasteiger partial charge in [0, 0.05) is 17.3 Å². The Morgan fingerprint density at radius 2 is 1.87 bits per heavy atom. The number of anilines is 1. The molecule has 1 N–H and O–H groups in total. The van der Waals surface area contributed by atoms with Gasteiger partial charge in [-0.1, -0.05) is 6.07 Å². The Labute approximate surface area is 174 Å². The Morgan fingerprint density at radius 3 is 2.65 bits per heavy atom. The molecule has 1 unspecified atom stereocenters. The van der Waals surface area contributed by atoms with Crippen LogP contribution in [0.2, 0.25) is 0 Å². The molecule has 2 heterocycles. The minimum absolute atomic E-state index is 0.0355. The summed E-state index contributed by atoms with van der Waals surface area (Å²) >= 11 is 0. The van der Waals surface area contributed by atoms with Gasteiger partial charge >= 0.3 is 6.18 Å². The van der Waals surface area contributed by atoms with Gasteiger partial charge in [0.05, 0.1) is 11.3 Å². The van der Waals surface area contributed by atoms with Gasteiger partial charge in [-0.3, -0.25) is 9.59 Å². The number of ether oxygens (including phenoxy) is 2. The lowest BCUT2D eigenvalue weighted by Gasteiger charge is -2.16. The molecule has 2 aromatic carbocycles. The van der Waals surface area contributed by atoms with Gasteiger partial charge in [-0.05, 0) is 49.4 Å². The Balaban J connectivity index is 1.58. The van der Waals surface area contributed by atoms with Crippen LogP contribution in [0.5, 0.6) is 11.5 Å². The topological polar surface area (TPSA) is 82.5 Å². The zero-order chi connectivity index (χ0) is 22.2. The van der Waals surface area contributed by atoms with Gasteiger partial charge in [-0.2, -0.15) is 18.3 Å². The van der Waals surface area contributed by atoms with Crippen LogP contribution in [0.1, 0.15) is 18.5 Å². The SMILES string of the molecule is CC(C(=O)Nc1cccc(C(F)(F)F)c1)n1nc(-c2ccc3c(c2)OCO3)ccc1=O. The summed E-state index contributed by atoms with van der Waals surface area (Å²) in [5, 5.41) is 6.65. The van der Waals surface area contributed by atoms with Crippen LogP contribution in [-0.4, -0.2) is 22.5 Å². The molecule has 10 heteroatoms. The summed E-state index contributed by atoms with van der Waals surface area (Å²) in [6.45, 7) is 1.54. The predicted octanol–water partition coefficient (Wildman–Crippen LogP) is 3.86. The average molecular weight is 431 g/mol. The van der Waals surface area contributed by atoms with Crippen LogP contribution < -0.4 is 20.3 Å². The van der Waals surface area contributed by atoms with Crippen molar-refractivity contribution in [2.75, 3.05) is 12.1 Å². The van der Waals surface area contributed by atoms with E-state index >= 15 is 0 Å². The maximum absolute atomic E-state index is 12.9. The highest BCUT2D eigenvalue weighted by atomic mass is 19.4. The van der Waals surface area contributed by atoms with Gasteiger partial charge in [0.1, 0.15) is 6.04 Å². The summed E-state index contributed by atoms with van der Waals surface area (Å²) in [4.78, 5) is 24.9. The van der Waals surface area contributed by atoms with E-state index in [-0.39, 0.29) is 12.5 Å². The minimum atomic E-state index is -4.54. The first-order chi connectivity index (χ1) is 14.7. The lowest BCUT2D eigenvalue weighted by Crippen LogP contribution is -2.33. The first kappa shape index (κ1) is 20.5. The largest absolute Gasteiger partial charge is 0.454 e. The molecular formula is C21H16F3N3O4. The number of carbonyl (C=O) groups is 1. The molecule has 0 bridgehead atoms. The molecule has 0 saturated heterocycles. The normalized spacial score (nSPS) is 13.7. The Morgan fingerprint density at radius 1 is 1.10 bits per heavy atom. The molecule has 1 aromatic heterocycles. The van der Waals surface area contributed by atoms with E-state index in [1.54, 1.807) is 18.2 Å². The van der Waals surface area contributed by atoms with Crippen LogP contribution in [0.15, 0.2) is 59.4 Å². The van der Waals surface area contributed by atoms with Crippen LogP contribution in [0, 0.1) is 0 Å². The fourth-order valence-corrected chi connectivity index (χ4v) is 3.04. The fraction of sp³-hybridized carbons (Fsp3) is 0.190. The Bertz CT molecular complexity index is 1210. The lowest BCUT2D eigenvalue weighted by atomic mass is 10.1. The van der Waals surface area contributed by atoms with Crippen molar-refractivity contribution in [1.82, 2.24) is 9.78 Å². The molecule has 160 valence electrons. The molecule has 31 heavy (non-hydrogen) atoms. The molecular weight excluding hydrogens is 415 g/mol. The summed E-state index contributed by atoms with van der Waals surface area (Å²) in [5.41, 5.74) is -0.402. The van der Waals surface area contributed by atoms with Gasteiger partial charge in [0.25, 0.3) is 5.56 Å². The third-order valence-corrected chi connectivity index (χ3v) is 4.70. The van der Waals surface area contributed by atoms with Crippen molar-refractivity contribution < 1.29 is 27.4 Å². The van der Waals surface area contributed by atoms with E-state index in [9.17, 15) is 22.8 Å². The number of nitrogens with zero attached hydrogens (tertiary/aromatic N) is 2. The van der Waals surface area contributed by atoms with Gasteiger partial charge in [-0.15, -0.1) is 0 Å². The number of rotatable bonds is 4. The second kappa shape index (κ2) is 7.78. The predicted molar refractivity (Wildman–Crippen MR) is 105 cm³/mol. The number of benzene rings is 2. The molecule has 4 rings (SSSR count). The molecule has 0 saturated carbocycles.